The molecule has 3 heterocycles. The number of hydrogen-bond donors (Lipinski definition) is 0. The average molecular weight is 285 g/mol. The molecule has 0 spiro atoms. The highest BCUT2D eigenvalue weighted by Gasteiger charge is 2.35. The largest absolute Gasteiger partial charge is 0.365 e. The van der Waals surface area contributed by atoms with E-state index in [1.165, 1.54) is 0 Å². The minimum Gasteiger partial charge on any atom is -0.365 e. The van der Waals surface area contributed by atoms with Gasteiger partial charge in [-0.1, -0.05) is 0 Å². The molecular formula is C15H19N5O. The molecule has 110 valence electrons. The van der Waals surface area contributed by atoms with Crippen LogP contribution in [0.5, 0.6) is 0 Å². The smallest absolute Gasteiger partial charge is 0.132 e. The highest BCUT2D eigenvalue weighted by atomic mass is 16.5. The van der Waals surface area contributed by atoms with Gasteiger partial charge in [0.1, 0.15) is 23.6 Å². The van der Waals surface area contributed by atoms with Gasteiger partial charge >= 0.3 is 0 Å². The number of anilines is 1. The van der Waals surface area contributed by atoms with Gasteiger partial charge in [-0.05, 0) is 26.8 Å². The third-order valence-electron chi connectivity index (χ3n) is 3.71. The van der Waals surface area contributed by atoms with Crippen molar-refractivity contribution in [1.29, 1.82) is 0 Å². The second-order valence-electron chi connectivity index (χ2n) is 5.51. The van der Waals surface area contributed by atoms with Crippen molar-refractivity contribution in [3.8, 4) is 0 Å². The predicted octanol–water partition coefficient (Wildman–Crippen LogP) is 1.64. The van der Waals surface area contributed by atoms with Crippen molar-refractivity contribution in [1.82, 2.24) is 19.9 Å². The number of aryl methyl sites for hydroxylation is 2. The Morgan fingerprint density at radius 1 is 1.24 bits per heavy atom. The Morgan fingerprint density at radius 3 is 2.86 bits per heavy atom. The maximum Gasteiger partial charge on any atom is 0.132 e. The lowest BCUT2D eigenvalue weighted by molar-refractivity contribution is -0.0499. The zero-order chi connectivity index (χ0) is 14.9. The number of aromatic nitrogens is 4. The topological polar surface area (TPSA) is 64.0 Å². The molecule has 6 nitrogen and oxygen atoms in total. The Hall–Kier alpha value is -2.08. The minimum absolute atomic E-state index is 0.454. The minimum atomic E-state index is -0.454. The van der Waals surface area contributed by atoms with Crippen LogP contribution >= 0.6 is 0 Å². The van der Waals surface area contributed by atoms with Gasteiger partial charge in [-0.3, -0.25) is 0 Å². The molecule has 6 heteroatoms. The molecule has 21 heavy (non-hydrogen) atoms. The van der Waals surface area contributed by atoms with Crippen LogP contribution in [0.15, 0.2) is 24.7 Å². The molecule has 1 aliphatic heterocycles. The summed E-state index contributed by atoms with van der Waals surface area (Å²) in [6, 6.07) is 3.92. The Balaban J connectivity index is 1.88. The highest BCUT2D eigenvalue weighted by molar-refractivity contribution is 5.40. The quantitative estimate of drug-likeness (QED) is 0.835. The normalized spacial score (nSPS) is 22.3. The van der Waals surface area contributed by atoms with Crippen LogP contribution in [0.3, 0.4) is 0 Å². The molecule has 3 rings (SSSR count). The van der Waals surface area contributed by atoms with Crippen molar-refractivity contribution in [3.05, 3.63) is 41.9 Å². The van der Waals surface area contributed by atoms with Gasteiger partial charge in [0.25, 0.3) is 0 Å². The summed E-state index contributed by atoms with van der Waals surface area (Å²) < 4.78 is 6.01. The molecule has 2 aromatic rings. The number of hydrogen-bond acceptors (Lipinski definition) is 6. The van der Waals surface area contributed by atoms with Crippen LogP contribution < -0.4 is 4.90 Å². The molecule has 1 unspecified atom stereocenters. The maximum atomic E-state index is 6.01. The van der Waals surface area contributed by atoms with Crippen LogP contribution in [0.2, 0.25) is 0 Å². The first kappa shape index (κ1) is 13.9. The number of nitrogens with zero attached hydrogens (tertiary/aromatic N) is 5. The van der Waals surface area contributed by atoms with Crippen LogP contribution in [0.4, 0.5) is 5.82 Å². The van der Waals surface area contributed by atoms with Crippen LogP contribution in [-0.2, 0) is 10.3 Å². The van der Waals surface area contributed by atoms with Gasteiger partial charge in [0.15, 0.2) is 0 Å². The molecule has 0 bridgehead atoms. The van der Waals surface area contributed by atoms with Crippen molar-refractivity contribution >= 4 is 5.82 Å². The monoisotopic (exact) mass is 285 g/mol. The third kappa shape index (κ3) is 2.85. The van der Waals surface area contributed by atoms with Gasteiger partial charge in [0, 0.05) is 24.5 Å². The van der Waals surface area contributed by atoms with Crippen LogP contribution in [0.1, 0.15) is 24.1 Å². The summed E-state index contributed by atoms with van der Waals surface area (Å²) in [6.45, 7) is 8.09. The average Bonchev–Trinajstić information content (AvgIpc) is 2.47. The third-order valence-corrected chi connectivity index (χ3v) is 3.71. The van der Waals surface area contributed by atoms with Gasteiger partial charge in [-0.25, -0.2) is 19.9 Å². The first-order valence-corrected chi connectivity index (χ1v) is 7.04. The van der Waals surface area contributed by atoms with Crippen molar-refractivity contribution in [2.24, 2.45) is 0 Å². The van der Waals surface area contributed by atoms with Crippen LogP contribution in [-0.4, -0.2) is 39.6 Å². The second-order valence-corrected chi connectivity index (χ2v) is 5.51. The molecular weight excluding hydrogens is 266 g/mol. The summed E-state index contributed by atoms with van der Waals surface area (Å²) in [5, 5.41) is 0. The summed E-state index contributed by atoms with van der Waals surface area (Å²) in [7, 11) is 0. The van der Waals surface area contributed by atoms with E-state index >= 15 is 0 Å². The second kappa shape index (κ2) is 5.37. The standard InChI is InChI=1S/C15H19N5O/c1-11-8-14(18-10-17-11)20-6-7-21-15(3,9-20)13-4-5-16-12(2)19-13/h4-5,8,10H,6-7,9H2,1-3H3. The maximum absolute atomic E-state index is 6.01. The molecule has 1 atom stereocenters. The van der Waals surface area contributed by atoms with Gasteiger partial charge in [-0.2, -0.15) is 0 Å². The lowest BCUT2D eigenvalue weighted by atomic mass is 9.99. The Kier molecular flexibility index (Phi) is 3.55. The van der Waals surface area contributed by atoms with Gasteiger partial charge in [0.2, 0.25) is 0 Å². The van der Waals surface area contributed by atoms with E-state index in [-0.39, 0.29) is 0 Å². The predicted molar refractivity (Wildman–Crippen MR) is 79.1 cm³/mol. The molecule has 0 aliphatic carbocycles. The van der Waals surface area contributed by atoms with E-state index < -0.39 is 5.60 Å². The Morgan fingerprint density at radius 2 is 2.10 bits per heavy atom. The summed E-state index contributed by atoms with van der Waals surface area (Å²) in [4.78, 5) is 19.4. The molecule has 0 amide bonds. The van der Waals surface area contributed by atoms with E-state index in [1.807, 2.05) is 26.0 Å². The summed E-state index contributed by atoms with van der Waals surface area (Å²) in [6.07, 6.45) is 3.38. The van der Waals surface area contributed by atoms with Crippen molar-refractivity contribution in [2.45, 2.75) is 26.4 Å². The first-order chi connectivity index (χ1) is 10.1. The summed E-state index contributed by atoms with van der Waals surface area (Å²) in [5.41, 5.74) is 1.42. The van der Waals surface area contributed by atoms with Crippen molar-refractivity contribution in [3.63, 3.8) is 0 Å². The lowest BCUT2D eigenvalue weighted by Crippen LogP contribution is -2.49. The summed E-state index contributed by atoms with van der Waals surface area (Å²) >= 11 is 0. The number of ether oxygens (including phenoxy) is 1. The van der Waals surface area contributed by atoms with E-state index in [1.54, 1.807) is 12.5 Å². The summed E-state index contributed by atoms with van der Waals surface area (Å²) in [5.74, 6) is 1.69. The molecule has 1 fully saturated rings. The molecule has 0 radical (unpaired) electrons. The zero-order valence-corrected chi connectivity index (χ0v) is 12.6. The molecule has 2 aromatic heterocycles. The van der Waals surface area contributed by atoms with Gasteiger partial charge in [0.05, 0.1) is 18.8 Å². The van der Waals surface area contributed by atoms with Gasteiger partial charge < -0.3 is 9.64 Å². The molecule has 0 N–H and O–H groups in total. The van der Waals surface area contributed by atoms with Crippen LogP contribution in [0.25, 0.3) is 0 Å². The lowest BCUT2D eigenvalue weighted by Gasteiger charge is -2.40. The van der Waals surface area contributed by atoms with Crippen molar-refractivity contribution < 1.29 is 4.74 Å². The highest BCUT2D eigenvalue weighted by Crippen LogP contribution is 2.29. The van der Waals surface area contributed by atoms with Crippen molar-refractivity contribution in [2.75, 3.05) is 24.6 Å². The van der Waals surface area contributed by atoms with E-state index in [4.69, 9.17) is 4.74 Å². The van der Waals surface area contributed by atoms with Gasteiger partial charge in [-0.15, -0.1) is 0 Å². The fourth-order valence-electron chi connectivity index (χ4n) is 2.58. The fourth-order valence-corrected chi connectivity index (χ4v) is 2.58. The first-order valence-electron chi connectivity index (χ1n) is 7.04. The van der Waals surface area contributed by atoms with E-state index in [0.29, 0.717) is 13.2 Å². The SMILES string of the molecule is Cc1cc(N2CCOC(C)(c3ccnc(C)n3)C2)ncn1. The van der Waals surface area contributed by atoms with E-state index in [9.17, 15) is 0 Å². The van der Waals surface area contributed by atoms with E-state index in [0.717, 1.165) is 29.6 Å². The molecule has 1 aliphatic rings. The van der Waals surface area contributed by atoms with Crippen LogP contribution in [0, 0.1) is 13.8 Å². The number of rotatable bonds is 2. The molecule has 0 saturated carbocycles. The molecule has 1 saturated heterocycles. The van der Waals surface area contributed by atoms with E-state index in [2.05, 4.69) is 31.8 Å². The zero-order valence-electron chi connectivity index (χ0n) is 12.6. The fraction of sp³-hybridized carbons (Fsp3) is 0.467. The Labute approximate surface area is 124 Å². The number of morpholine rings is 1. The Bertz CT molecular complexity index is 647. The molecule has 0 aromatic carbocycles.